The Labute approximate surface area is 86.6 Å². The SMILES string of the molecule is CC(=O)O[Si](C)(OC(C)=O)[Si](C)(C)C. The van der Waals surface area contributed by atoms with E-state index in [9.17, 15) is 9.59 Å². The van der Waals surface area contributed by atoms with Gasteiger partial charge in [0, 0.05) is 13.8 Å². The molecule has 6 heteroatoms. The normalized spacial score (nSPS) is 12.1. The number of carbonyl (C=O) groups is 2. The van der Waals surface area contributed by atoms with E-state index < -0.39 is 15.7 Å². The zero-order chi connectivity index (χ0) is 11.6. The van der Waals surface area contributed by atoms with Crippen LogP contribution in [0, 0.1) is 0 Å². The van der Waals surface area contributed by atoms with Crippen LogP contribution < -0.4 is 0 Å². The van der Waals surface area contributed by atoms with E-state index in [1.165, 1.54) is 13.8 Å². The molecule has 0 fully saturated rings. The first-order valence-corrected chi connectivity index (χ1v) is 11.3. The monoisotopic (exact) mass is 234 g/mol. The van der Waals surface area contributed by atoms with Gasteiger partial charge in [-0.15, -0.1) is 0 Å². The van der Waals surface area contributed by atoms with E-state index in [0.29, 0.717) is 0 Å². The van der Waals surface area contributed by atoms with Gasteiger partial charge in [-0.1, -0.05) is 19.6 Å². The molecule has 0 amide bonds. The Balaban J connectivity index is 4.85. The summed E-state index contributed by atoms with van der Waals surface area (Å²) in [7, 11) is -4.42. The van der Waals surface area contributed by atoms with Gasteiger partial charge in [0.25, 0.3) is 11.9 Å². The second-order valence-electron chi connectivity index (χ2n) is 4.38. The first-order chi connectivity index (χ1) is 6.08. The van der Waals surface area contributed by atoms with Crippen molar-refractivity contribution in [2.45, 2.75) is 40.0 Å². The molecule has 4 nitrogen and oxygen atoms in total. The molecule has 0 aromatic carbocycles. The maximum absolute atomic E-state index is 10.9. The molecule has 0 saturated heterocycles. The predicted molar refractivity (Wildman–Crippen MR) is 58.5 cm³/mol. The third-order valence-corrected chi connectivity index (χ3v) is 14.9. The second-order valence-corrected chi connectivity index (χ2v) is 18.4. The lowest BCUT2D eigenvalue weighted by molar-refractivity contribution is -0.138. The van der Waals surface area contributed by atoms with E-state index in [4.69, 9.17) is 8.85 Å². The van der Waals surface area contributed by atoms with Gasteiger partial charge < -0.3 is 8.85 Å². The molecule has 0 aromatic rings. The fourth-order valence-electron chi connectivity index (χ4n) is 0.876. The average Bonchev–Trinajstić information content (AvgIpc) is 1.78. The van der Waals surface area contributed by atoms with E-state index in [1.807, 2.05) is 19.6 Å². The van der Waals surface area contributed by atoms with Crippen LogP contribution in [0.2, 0.25) is 26.2 Å². The van der Waals surface area contributed by atoms with Gasteiger partial charge in [0.05, 0.1) is 0 Å². The summed E-state index contributed by atoms with van der Waals surface area (Å²) in [5.74, 6) is -0.745. The van der Waals surface area contributed by atoms with Gasteiger partial charge in [0.2, 0.25) is 0 Å². The van der Waals surface area contributed by atoms with E-state index in [1.54, 1.807) is 6.55 Å². The van der Waals surface area contributed by atoms with Crippen molar-refractivity contribution in [1.29, 1.82) is 0 Å². The van der Waals surface area contributed by atoms with Crippen molar-refractivity contribution < 1.29 is 18.4 Å². The summed E-state index contributed by atoms with van der Waals surface area (Å²) in [6.45, 7) is 10.6. The van der Waals surface area contributed by atoms with Crippen LogP contribution in [0.4, 0.5) is 0 Å². The molecule has 0 atom stereocenters. The largest absolute Gasteiger partial charge is 0.488 e. The van der Waals surface area contributed by atoms with Gasteiger partial charge >= 0.3 is 8.08 Å². The topological polar surface area (TPSA) is 52.6 Å². The molecule has 0 spiro atoms. The van der Waals surface area contributed by atoms with Gasteiger partial charge in [-0.25, -0.2) is 0 Å². The highest BCUT2D eigenvalue weighted by Gasteiger charge is 2.51. The first-order valence-electron chi connectivity index (χ1n) is 4.47. The van der Waals surface area contributed by atoms with Crippen LogP contribution in [0.3, 0.4) is 0 Å². The maximum atomic E-state index is 10.9. The lowest BCUT2D eigenvalue weighted by Gasteiger charge is -2.34. The Morgan fingerprint density at radius 1 is 0.857 bits per heavy atom. The summed E-state index contributed by atoms with van der Waals surface area (Å²) < 4.78 is 10.5. The van der Waals surface area contributed by atoms with Crippen molar-refractivity contribution in [1.82, 2.24) is 0 Å². The predicted octanol–water partition coefficient (Wildman–Crippen LogP) is 1.60. The summed E-state index contributed by atoms with van der Waals surface area (Å²) in [5.41, 5.74) is 0. The fraction of sp³-hybridized carbons (Fsp3) is 0.750. The Morgan fingerprint density at radius 3 is 1.29 bits per heavy atom. The van der Waals surface area contributed by atoms with Crippen molar-refractivity contribution in [3.63, 3.8) is 0 Å². The molecule has 0 saturated carbocycles. The molecule has 0 aliphatic heterocycles. The average molecular weight is 234 g/mol. The Hall–Kier alpha value is -0.626. The van der Waals surface area contributed by atoms with Gasteiger partial charge in [0.15, 0.2) is 0 Å². The first kappa shape index (κ1) is 13.4. The molecular weight excluding hydrogens is 216 g/mol. The molecule has 82 valence electrons. The molecule has 0 rings (SSSR count). The summed E-state index contributed by atoms with van der Waals surface area (Å²) in [6.07, 6.45) is 0. The number of hydrogen-bond donors (Lipinski definition) is 0. The van der Waals surface area contributed by atoms with Gasteiger partial charge in [0.1, 0.15) is 7.59 Å². The third kappa shape index (κ3) is 3.63. The maximum Gasteiger partial charge on any atom is 0.431 e. The minimum Gasteiger partial charge on any atom is -0.488 e. The molecule has 0 bridgehead atoms. The van der Waals surface area contributed by atoms with E-state index >= 15 is 0 Å². The molecule has 0 aliphatic rings. The second kappa shape index (κ2) is 4.26. The van der Waals surface area contributed by atoms with Crippen molar-refractivity contribution in [2.75, 3.05) is 0 Å². The highest BCUT2D eigenvalue weighted by molar-refractivity contribution is 7.36. The van der Waals surface area contributed by atoms with E-state index in [2.05, 4.69) is 0 Å². The number of hydrogen-bond acceptors (Lipinski definition) is 4. The molecule has 0 aliphatic carbocycles. The summed E-state index contributed by atoms with van der Waals surface area (Å²) in [5, 5.41) is 0. The minimum atomic E-state index is -2.64. The van der Waals surface area contributed by atoms with Crippen molar-refractivity contribution in [2.24, 2.45) is 0 Å². The molecule has 14 heavy (non-hydrogen) atoms. The van der Waals surface area contributed by atoms with Crippen molar-refractivity contribution >= 4 is 27.6 Å². The third-order valence-electron chi connectivity index (χ3n) is 2.04. The molecule has 0 N–H and O–H groups in total. The summed E-state index contributed by atoms with van der Waals surface area (Å²) >= 11 is 0. The summed E-state index contributed by atoms with van der Waals surface area (Å²) in [6, 6.07) is 0. The zero-order valence-corrected chi connectivity index (χ0v) is 11.6. The number of rotatable bonds is 3. The highest BCUT2D eigenvalue weighted by Crippen LogP contribution is 2.21. The van der Waals surface area contributed by atoms with Crippen LogP contribution in [-0.4, -0.2) is 27.6 Å². The van der Waals surface area contributed by atoms with E-state index in [-0.39, 0.29) is 11.9 Å². The van der Waals surface area contributed by atoms with Crippen LogP contribution in [0.1, 0.15) is 13.8 Å². The quantitative estimate of drug-likeness (QED) is 0.696. The van der Waals surface area contributed by atoms with Gasteiger partial charge in [-0.2, -0.15) is 0 Å². The van der Waals surface area contributed by atoms with Crippen LogP contribution in [0.25, 0.3) is 0 Å². The standard InChI is InChI=1S/C8H18O4Si2/c1-7(9)11-14(6,12-8(2)10)13(3,4)5/h1-6H3. The molecule has 0 unspecified atom stereocenters. The fourth-order valence-corrected chi connectivity index (χ4v) is 5.33. The molecular formula is C8H18O4Si2. The number of carbonyl (C=O) groups excluding carboxylic acids is 2. The Morgan fingerprint density at radius 2 is 1.14 bits per heavy atom. The van der Waals surface area contributed by atoms with Crippen molar-refractivity contribution in [3.8, 4) is 0 Å². The zero-order valence-electron chi connectivity index (χ0n) is 9.63. The lowest BCUT2D eigenvalue weighted by atomic mass is 10.9. The van der Waals surface area contributed by atoms with Crippen LogP contribution in [0.5, 0.6) is 0 Å². The van der Waals surface area contributed by atoms with Crippen LogP contribution in [-0.2, 0) is 18.4 Å². The molecule has 0 heterocycles. The smallest absolute Gasteiger partial charge is 0.431 e. The van der Waals surface area contributed by atoms with Gasteiger partial charge in [-0.3, -0.25) is 9.59 Å². The Kier molecular flexibility index (Phi) is 4.07. The van der Waals surface area contributed by atoms with Crippen LogP contribution >= 0.6 is 0 Å². The highest BCUT2D eigenvalue weighted by atomic mass is 29.3. The van der Waals surface area contributed by atoms with Gasteiger partial charge in [-0.05, 0) is 6.55 Å². The Bertz CT molecular complexity index is 228. The molecule has 0 aromatic heterocycles. The minimum absolute atomic E-state index is 0.372. The van der Waals surface area contributed by atoms with Crippen molar-refractivity contribution in [3.05, 3.63) is 0 Å². The van der Waals surface area contributed by atoms with Crippen LogP contribution in [0.15, 0.2) is 0 Å². The molecule has 0 radical (unpaired) electrons. The van der Waals surface area contributed by atoms with E-state index in [0.717, 1.165) is 0 Å². The lowest BCUT2D eigenvalue weighted by Crippen LogP contribution is -2.61. The summed E-state index contributed by atoms with van der Waals surface area (Å²) in [4.78, 5) is 21.9.